The van der Waals surface area contributed by atoms with Crippen molar-refractivity contribution in [2.75, 3.05) is 13.2 Å². The molecular formula is C12H23N3O. The van der Waals surface area contributed by atoms with Crippen molar-refractivity contribution in [1.82, 2.24) is 9.55 Å². The van der Waals surface area contributed by atoms with Gasteiger partial charge in [-0.15, -0.1) is 0 Å². The van der Waals surface area contributed by atoms with E-state index >= 15 is 0 Å². The number of unbranched alkanes of at least 4 members (excludes halogenated alkanes) is 1. The van der Waals surface area contributed by atoms with Crippen LogP contribution in [0.3, 0.4) is 0 Å². The Morgan fingerprint density at radius 3 is 2.94 bits per heavy atom. The number of nitrogens with two attached hydrogens (primary N) is 1. The summed E-state index contributed by atoms with van der Waals surface area (Å²) >= 11 is 0. The molecule has 1 aromatic rings. The van der Waals surface area contributed by atoms with Gasteiger partial charge >= 0.3 is 0 Å². The van der Waals surface area contributed by atoms with E-state index in [1.807, 2.05) is 12.5 Å². The Balaban J connectivity index is 2.18. The minimum Gasteiger partial charge on any atom is -0.379 e. The van der Waals surface area contributed by atoms with Gasteiger partial charge in [0.2, 0.25) is 0 Å². The molecule has 0 bridgehead atoms. The van der Waals surface area contributed by atoms with Gasteiger partial charge in [0.05, 0.1) is 12.4 Å². The highest BCUT2D eigenvalue weighted by molar-refractivity contribution is 4.98. The largest absolute Gasteiger partial charge is 0.379 e. The minimum atomic E-state index is 0.334. The lowest BCUT2D eigenvalue weighted by Gasteiger charge is -2.09. The van der Waals surface area contributed by atoms with Gasteiger partial charge in [0, 0.05) is 31.5 Å². The molecule has 0 amide bonds. The van der Waals surface area contributed by atoms with E-state index in [-0.39, 0.29) is 0 Å². The molecule has 0 aliphatic carbocycles. The molecule has 0 saturated carbocycles. The average molecular weight is 225 g/mol. The van der Waals surface area contributed by atoms with Gasteiger partial charge in [-0.25, -0.2) is 4.98 Å². The standard InChI is InChI=1S/C12H23N3O/c1-11(2)16-8-4-3-7-15-10-14-9-12(15)5-6-13/h9-11H,3-8,13H2,1-2H3. The number of rotatable bonds is 8. The normalized spacial score (nSPS) is 11.2. The molecule has 0 aliphatic heterocycles. The molecule has 0 saturated heterocycles. The SMILES string of the molecule is CC(C)OCCCCn1cncc1CCN. The quantitative estimate of drug-likeness (QED) is 0.684. The van der Waals surface area contributed by atoms with Crippen LogP contribution < -0.4 is 5.73 Å². The summed E-state index contributed by atoms with van der Waals surface area (Å²) in [6, 6.07) is 0. The predicted molar refractivity (Wildman–Crippen MR) is 65.3 cm³/mol. The number of ether oxygens (including phenoxy) is 1. The monoisotopic (exact) mass is 225 g/mol. The third-order valence-electron chi connectivity index (χ3n) is 2.44. The van der Waals surface area contributed by atoms with Crippen LogP contribution in [0.15, 0.2) is 12.5 Å². The summed E-state index contributed by atoms with van der Waals surface area (Å²) in [6.45, 7) is 6.67. The van der Waals surface area contributed by atoms with Gasteiger partial charge in [0.1, 0.15) is 0 Å². The molecule has 0 unspecified atom stereocenters. The van der Waals surface area contributed by atoms with Crippen LogP contribution >= 0.6 is 0 Å². The van der Waals surface area contributed by atoms with Crippen LogP contribution in [-0.4, -0.2) is 28.8 Å². The van der Waals surface area contributed by atoms with E-state index in [1.165, 1.54) is 5.69 Å². The van der Waals surface area contributed by atoms with Crippen molar-refractivity contribution in [3.8, 4) is 0 Å². The molecule has 4 nitrogen and oxygen atoms in total. The van der Waals surface area contributed by atoms with Crippen LogP contribution in [0.2, 0.25) is 0 Å². The second-order valence-corrected chi connectivity index (χ2v) is 4.24. The van der Waals surface area contributed by atoms with Gasteiger partial charge in [-0.2, -0.15) is 0 Å². The molecule has 0 spiro atoms. The van der Waals surface area contributed by atoms with Crippen molar-refractivity contribution in [2.45, 2.75) is 45.8 Å². The molecule has 1 rings (SSSR count). The first kappa shape index (κ1) is 13.2. The van der Waals surface area contributed by atoms with Crippen LogP contribution in [0, 0.1) is 0 Å². The summed E-state index contributed by atoms with van der Waals surface area (Å²) in [6.07, 6.45) is 7.24. The van der Waals surface area contributed by atoms with E-state index in [0.717, 1.165) is 32.4 Å². The maximum Gasteiger partial charge on any atom is 0.0948 e. The molecule has 0 radical (unpaired) electrons. The topological polar surface area (TPSA) is 53.1 Å². The highest BCUT2D eigenvalue weighted by Gasteiger charge is 2.00. The zero-order chi connectivity index (χ0) is 11.8. The van der Waals surface area contributed by atoms with Crippen molar-refractivity contribution >= 4 is 0 Å². The molecule has 92 valence electrons. The molecule has 16 heavy (non-hydrogen) atoms. The molecule has 0 aliphatic rings. The van der Waals surface area contributed by atoms with Crippen LogP contribution in [0.4, 0.5) is 0 Å². The second kappa shape index (κ2) is 7.41. The highest BCUT2D eigenvalue weighted by atomic mass is 16.5. The van der Waals surface area contributed by atoms with Crippen molar-refractivity contribution in [3.05, 3.63) is 18.2 Å². The number of imidazole rings is 1. The Kier molecular flexibility index (Phi) is 6.11. The van der Waals surface area contributed by atoms with Gasteiger partial charge in [-0.05, 0) is 33.2 Å². The second-order valence-electron chi connectivity index (χ2n) is 4.24. The van der Waals surface area contributed by atoms with E-state index in [2.05, 4.69) is 23.4 Å². The predicted octanol–water partition coefficient (Wildman–Crippen LogP) is 1.59. The first-order valence-electron chi connectivity index (χ1n) is 6.04. The Labute approximate surface area is 97.8 Å². The fourth-order valence-electron chi connectivity index (χ4n) is 1.61. The Morgan fingerprint density at radius 2 is 2.25 bits per heavy atom. The molecule has 4 heteroatoms. The van der Waals surface area contributed by atoms with Gasteiger partial charge in [-0.1, -0.05) is 0 Å². The first-order chi connectivity index (χ1) is 7.74. The van der Waals surface area contributed by atoms with Gasteiger partial charge < -0.3 is 15.0 Å². The van der Waals surface area contributed by atoms with Crippen molar-refractivity contribution in [3.63, 3.8) is 0 Å². The van der Waals surface area contributed by atoms with E-state index in [9.17, 15) is 0 Å². The number of aryl methyl sites for hydroxylation is 1. The third-order valence-corrected chi connectivity index (χ3v) is 2.44. The summed E-state index contributed by atoms with van der Waals surface area (Å²) in [4.78, 5) is 4.14. The Hall–Kier alpha value is -0.870. The fourth-order valence-corrected chi connectivity index (χ4v) is 1.61. The van der Waals surface area contributed by atoms with E-state index in [1.54, 1.807) is 0 Å². The number of nitrogens with zero attached hydrogens (tertiary/aromatic N) is 2. The minimum absolute atomic E-state index is 0.334. The summed E-state index contributed by atoms with van der Waals surface area (Å²) < 4.78 is 7.68. The first-order valence-corrected chi connectivity index (χ1v) is 6.04. The number of hydrogen-bond donors (Lipinski definition) is 1. The van der Waals surface area contributed by atoms with Crippen LogP contribution in [0.1, 0.15) is 32.4 Å². The molecule has 1 aromatic heterocycles. The van der Waals surface area contributed by atoms with Gasteiger partial charge in [-0.3, -0.25) is 0 Å². The number of hydrogen-bond acceptors (Lipinski definition) is 3. The van der Waals surface area contributed by atoms with Crippen molar-refractivity contribution < 1.29 is 4.74 Å². The van der Waals surface area contributed by atoms with Gasteiger partial charge in [0.15, 0.2) is 0 Å². The fraction of sp³-hybridized carbons (Fsp3) is 0.750. The molecule has 0 atom stereocenters. The smallest absolute Gasteiger partial charge is 0.0948 e. The summed E-state index contributed by atoms with van der Waals surface area (Å²) in [5, 5.41) is 0. The lowest BCUT2D eigenvalue weighted by molar-refractivity contribution is 0.0754. The maximum absolute atomic E-state index is 5.54. The third kappa shape index (κ3) is 4.77. The Morgan fingerprint density at radius 1 is 1.44 bits per heavy atom. The summed E-state index contributed by atoms with van der Waals surface area (Å²) in [5.74, 6) is 0. The lowest BCUT2D eigenvalue weighted by Crippen LogP contribution is -2.09. The van der Waals surface area contributed by atoms with E-state index in [4.69, 9.17) is 10.5 Å². The zero-order valence-electron chi connectivity index (χ0n) is 10.4. The number of aromatic nitrogens is 2. The van der Waals surface area contributed by atoms with E-state index < -0.39 is 0 Å². The zero-order valence-corrected chi connectivity index (χ0v) is 10.4. The molecule has 2 N–H and O–H groups in total. The van der Waals surface area contributed by atoms with Crippen LogP contribution in [-0.2, 0) is 17.7 Å². The highest BCUT2D eigenvalue weighted by Crippen LogP contribution is 2.03. The maximum atomic E-state index is 5.54. The Bertz CT molecular complexity index is 284. The molecule has 0 aromatic carbocycles. The molecule has 0 fully saturated rings. The summed E-state index contributed by atoms with van der Waals surface area (Å²) in [7, 11) is 0. The molecule has 1 heterocycles. The lowest BCUT2D eigenvalue weighted by atomic mass is 10.3. The van der Waals surface area contributed by atoms with Crippen molar-refractivity contribution in [2.24, 2.45) is 5.73 Å². The van der Waals surface area contributed by atoms with Gasteiger partial charge in [0.25, 0.3) is 0 Å². The van der Waals surface area contributed by atoms with Crippen LogP contribution in [0.5, 0.6) is 0 Å². The van der Waals surface area contributed by atoms with E-state index in [0.29, 0.717) is 12.6 Å². The average Bonchev–Trinajstić information content (AvgIpc) is 2.65. The van der Waals surface area contributed by atoms with Crippen molar-refractivity contribution in [1.29, 1.82) is 0 Å². The summed E-state index contributed by atoms with van der Waals surface area (Å²) in [5.41, 5.74) is 6.77. The van der Waals surface area contributed by atoms with Crippen LogP contribution in [0.25, 0.3) is 0 Å². The molecular weight excluding hydrogens is 202 g/mol.